The predicted octanol–water partition coefficient (Wildman–Crippen LogP) is 11.9. The summed E-state index contributed by atoms with van der Waals surface area (Å²) in [5.74, 6) is 2.15. The molecule has 48 heavy (non-hydrogen) atoms. The number of carbonyl (C=O) groups is 2. The van der Waals surface area contributed by atoms with Crippen LogP contribution in [0.3, 0.4) is 0 Å². The summed E-state index contributed by atoms with van der Waals surface area (Å²) in [5, 5.41) is 3.46. The summed E-state index contributed by atoms with van der Waals surface area (Å²) in [6, 6.07) is 13.8. The Hall–Kier alpha value is -3.24. The van der Waals surface area contributed by atoms with E-state index in [1.54, 1.807) is 7.11 Å². The molecule has 0 saturated heterocycles. The van der Waals surface area contributed by atoms with E-state index in [0.29, 0.717) is 24.2 Å². The van der Waals surface area contributed by atoms with E-state index in [9.17, 15) is 9.59 Å². The van der Waals surface area contributed by atoms with Crippen LogP contribution in [0.5, 0.6) is 5.75 Å². The second-order valence-electron chi connectivity index (χ2n) is 13.9. The monoisotopic (exact) mass is 653 g/mol. The maximum absolute atomic E-state index is 13.5. The van der Waals surface area contributed by atoms with Crippen molar-refractivity contribution in [1.82, 2.24) is 5.32 Å². The van der Waals surface area contributed by atoms with Crippen molar-refractivity contribution in [3.63, 3.8) is 0 Å². The molecule has 4 heteroatoms. The van der Waals surface area contributed by atoms with Crippen LogP contribution in [-0.2, 0) is 0 Å². The molecule has 4 unspecified atom stereocenters. The Balaban J connectivity index is 1.82. The fraction of sp³-hybridized carbons (Fsp3) is 0.545. The normalized spacial score (nSPS) is 19.7. The molecule has 0 spiro atoms. The molecular formula is C44H63NO3. The topological polar surface area (TPSA) is 55.4 Å². The second kappa shape index (κ2) is 20.3. The van der Waals surface area contributed by atoms with Crippen LogP contribution < -0.4 is 10.1 Å². The lowest BCUT2D eigenvalue weighted by Gasteiger charge is -2.25. The van der Waals surface area contributed by atoms with E-state index in [4.69, 9.17) is 4.74 Å². The Morgan fingerprint density at radius 3 is 2.42 bits per heavy atom. The van der Waals surface area contributed by atoms with Gasteiger partial charge in [-0.15, -0.1) is 0 Å². The third-order valence-corrected chi connectivity index (χ3v) is 10.4. The van der Waals surface area contributed by atoms with Crippen LogP contribution in [0.25, 0.3) is 0 Å². The number of Topliss-reactive ketones (excluding diaryl/α,β-unsaturated/α-hetero) is 2. The molecule has 0 aliphatic heterocycles. The molecule has 0 bridgehead atoms. The number of nitrogens with one attached hydrogen (secondary N) is 1. The highest BCUT2D eigenvalue weighted by Crippen LogP contribution is 2.40. The van der Waals surface area contributed by atoms with Crippen molar-refractivity contribution >= 4 is 11.6 Å². The summed E-state index contributed by atoms with van der Waals surface area (Å²) in [7, 11) is 3.61. The number of carbonyl (C=O) groups excluding carboxylic acids is 2. The first-order valence-corrected chi connectivity index (χ1v) is 18.8. The van der Waals surface area contributed by atoms with Crippen molar-refractivity contribution in [1.29, 1.82) is 0 Å². The Kier molecular flexibility index (Phi) is 16.6. The Morgan fingerprint density at radius 2 is 1.75 bits per heavy atom. The van der Waals surface area contributed by atoms with Gasteiger partial charge in [-0.3, -0.25) is 9.59 Å². The van der Waals surface area contributed by atoms with Crippen LogP contribution >= 0.6 is 0 Å². The first kappa shape index (κ1) is 39.2. The number of unbranched alkanes of at least 4 members (excludes halogenated alkanes) is 3. The lowest BCUT2D eigenvalue weighted by Crippen LogP contribution is -2.19. The molecule has 4 atom stereocenters. The quantitative estimate of drug-likeness (QED) is 0.128. The van der Waals surface area contributed by atoms with Crippen LogP contribution in [0.2, 0.25) is 0 Å². The van der Waals surface area contributed by atoms with Gasteiger partial charge in [0.2, 0.25) is 0 Å². The number of hydrogen-bond donors (Lipinski definition) is 1. The highest BCUT2D eigenvalue weighted by Gasteiger charge is 2.28. The summed E-state index contributed by atoms with van der Waals surface area (Å²) in [4.78, 5) is 26.8. The number of methoxy groups -OCH3 is 1. The van der Waals surface area contributed by atoms with Gasteiger partial charge in [0.1, 0.15) is 5.75 Å². The van der Waals surface area contributed by atoms with Crippen LogP contribution in [0.15, 0.2) is 77.9 Å². The molecule has 0 amide bonds. The zero-order chi connectivity index (χ0) is 35.1. The van der Waals surface area contributed by atoms with E-state index in [2.05, 4.69) is 64.7 Å². The summed E-state index contributed by atoms with van der Waals surface area (Å²) in [6.45, 7) is 15.6. The number of ether oxygens (including phenoxy) is 1. The molecule has 2 aromatic rings. The molecule has 4 nitrogen and oxygen atoms in total. The lowest BCUT2D eigenvalue weighted by atomic mass is 9.82. The van der Waals surface area contributed by atoms with Gasteiger partial charge < -0.3 is 10.1 Å². The van der Waals surface area contributed by atoms with Gasteiger partial charge in [0.25, 0.3) is 0 Å². The average Bonchev–Trinajstić information content (AvgIpc) is 3.13. The van der Waals surface area contributed by atoms with Crippen LogP contribution in [0, 0.1) is 11.8 Å². The van der Waals surface area contributed by atoms with E-state index in [-0.39, 0.29) is 29.4 Å². The molecular weight excluding hydrogens is 590 g/mol. The standard InChI is InChI=1S/C44H63NO3/c1-9-13-14-15-20-33(19-10-2)21-18-24-41(46)35-25-26-40(43(30-35)48-8)44(45-7)32(6)28-36-27-31(5)38-22-16-17-23-39(38)42(47)29-34(11-3)37(36)12-4/h12,16-17,22-23,25-26,28,30-31,33-34,44-45H,6,9-11,13-15,18-21,24,27,29H2,1-5,7-8H3/b36-28-,37-12-. The number of hydrogen-bond acceptors (Lipinski definition) is 4. The van der Waals surface area contributed by atoms with Gasteiger partial charge in [-0.25, -0.2) is 0 Å². The van der Waals surface area contributed by atoms with Crippen LogP contribution in [0.1, 0.15) is 162 Å². The maximum Gasteiger partial charge on any atom is 0.163 e. The molecule has 1 aliphatic rings. The molecule has 1 aliphatic carbocycles. The second-order valence-corrected chi connectivity index (χ2v) is 13.9. The first-order valence-electron chi connectivity index (χ1n) is 18.8. The highest BCUT2D eigenvalue weighted by molar-refractivity contribution is 5.98. The number of allylic oxidation sites excluding steroid dienone is 3. The lowest BCUT2D eigenvalue weighted by molar-refractivity contribution is 0.0962. The van der Waals surface area contributed by atoms with E-state index in [0.717, 1.165) is 53.9 Å². The number of rotatable bonds is 18. The minimum absolute atomic E-state index is 0.145. The maximum atomic E-state index is 13.5. The third kappa shape index (κ3) is 10.6. The average molecular weight is 654 g/mol. The molecule has 3 rings (SSSR count). The number of likely N-dealkylation sites (N-methyl/N-ethyl adjacent to an activating group) is 1. The van der Waals surface area contributed by atoms with Gasteiger partial charge in [-0.2, -0.15) is 0 Å². The number of benzene rings is 2. The van der Waals surface area contributed by atoms with E-state index >= 15 is 0 Å². The summed E-state index contributed by atoms with van der Waals surface area (Å²) < 4.78 is 5.89. The fourth-order valence-electron chi connectivity index (χ4n) is 7.74. The highest BCUT2D eigenvalue weighted by atomic mass is 16.5. The molecule has 0 aromatic heterocycles. The SMILES string of the molecule is C=C(/C=C1/CC(C)c2ccccc2C(=O)CC(CC)/C1=C/C)C(NC)c1ccc(C(=O)CCCC(CCC)CCCCCC)cc1OC. The molecule has 0 fully saturated rings. The summed E-state index contributed by atoms with van der Waals surface area (Å²) in [5.41, 5.74) is 7.02. The molecule has 262 valence electrons. The summed E-state index contributed by atoms with van der Waals surface area (Å²) >= 11 is 0. The molecule has 2 aromatic carbocycles. The van der Waals surface area contributed by atoms with Crippen molar-refractivity contribution in [2.45, 2.75) is 130 Å². The molecule has 0 radical (unpaired) electrons. The third-order valence-electron chi connectivity index (χ3n) is 10.4. The largest absolute Gasteiger partial charge is 0.496 e. The minimum Gasteiger partial charge on any atom is -0.496 e. The van der Waals surface area contributed by atoms with Crippen molar-refractivity contribution in [2.24, 2.45) is 11.8 Å². The Morgan fingerprint density at radius 1 is 1.00 bits per heavy atom. The van der Waals surface area contributed by atoms with Crippen molar-refractivity contribution < 1.29 is 14.3 Å². The van der Waals surface area contributed by atoms with Crippen LogP contribution in [-0.4, -0.2) is 25.7 Å². The summed E-state index contributed by atoms with van der Waals surface area (Å²) in [6.07, 6.45) is 18.2. The van der Waals surface area contributed by atoms with Crippen molar-refractivity contribution in [3.8, 4) is 5.75 Å². The van der Waals surface area contributed by atoms with E-state index in [1.807, 2.05) is 43.4 Å². The number of fused-ring (bicyclic) bond motifs is 1. The number of ketones is 2. The van der Waals surface area contributed by atoms with Crippen LogP contribution in [0.4, 0.5) is 0 Å². The van der Waals surface area contributed by atoms with Gasteiger partial charge >= 0.3 is 0 Å². The van der Waals surface area contributed by atoms with Gasteiger partial charge in [-0.1, -0.05) is 134 Å². The smallest absolute Gasteiger partial charge is 0.163 e. The minimum atomic E-state index is -0.200. The molecule has 0 heterocycles. The van der Waals surface area contributed by atoms with Gasteiger partial charge in [0.05, 0.1) is 13.2 Å². The zero-order valence-electron chi connectivity index (χ0n) is 31.1. The van der Waals surface area contributed by atoms with Crippen molar-refractivity contribution in [3.05, 3.63) is 100 Å². The van der Waals surface area contributed by atoms with E-state index < -0.39 is 0 Å². The fourth-order valence-corrected chi connectivity index (χ4v) is 7.74. The Labute approximate surface area is 292 Å². The molecule has 0 saturated carbocycles. The zero-order valence-corrected chi connectivity index (χ0v) is 31.1. The first-order chi connectivity index (χ1) is 23.2. The predicted molar refractivity (Wildman–Crippen MR) is 203 cm³/mol. The molecule has 1 N–H and O–H groups in total. The van der Waals surface area contributed by atoms with E-state index in [1.165, 1.54) is 56.1 Å². The van der Waals surface area contributed by atoms with Gasteiger partial charge in [0, 0.05) is 29.5 Å². The Bertz CT molecular complexity index is 1420. The van der Waals surface area contributed by atoms with Gasteiger partial charge in [0.15, 0.2) is 11.6 Å². The van der Waals surface area contributed by atoms with Crippen molar-refractivity contribution in [2.75, 3.05) is 14.2 Å². The van der Waals surface area contributed by atoms with Gasteiger partial charge in [-0.05, 0) is 79.3 Å².